The third-order valence-electron chi connectivity index (χ3n) is 1.84. The Morgan fingerprint density at radius 1 is 1.43 bits per heavy atom. The molecule has 72 valence electrons. The van der Waals surface area contributed by atoms with Crippen molar-refractivity contribution in [1.82, 2.24) is 9.55 Å². The van der Waals surface area contributed by atoms with Gasteiger partial charge in [-0.1, -0.05) is 6.07 Å². The number of H-pyrrole nitrogens is 1. The van der Waals surface area contributed by atoms with Crippen LogP contribution in [0.1, 0.15) is 0 Å². The van der Waals surface area contributed by atoms with Crippen molar-refractivity contribution in [3.63, 3.8) is 0 Å². The minimum atomic E-state index is -0.316. The fourth-order valence-electron chi connectivity index (χ4n) is 1.19. The molecule has 0 amide bonds. The molecule has 0 fully saturated rings. The van der Waals surface area contributed by atoms with E-state index in [0.29, 0.717) is 14.9 Å². The summed E-state index contributed by atoms with van der Waals surface area (Å²) < 4.78 is 16.1. The highest BCUT2D eigenvalue weighted by molar-refractivity contribution is 9.10. The highest BCUT2D eigenvalue weighted by atomic mass is 79.9. The fraction of sp³-hybridized carbons (Fsp3) is 0. The van der Waals surface area contributed by atoms with Crippen LogP contribution in [-0.4, -0.2) is 9.55 Å². The van der Waals surface area contributed by atoms with E-state index in [9.17, 15) is 4.39 Å². The first-order valence-electron chi connectivity index (χ1n) is 3.90. The third kappa shape index (κ3) is 1.53. The average molecular weight is 273 g/mol. The number of aromatic nitrogens is 2. The molecule has 1 heterocycles. The number of nitrogens with zero attached hydrogens (tertiary/aromatic N) is 1. The Kier molecular flexibility index (Phi) is 2.52. The smallest absolute Gasteiger partial charge is 0.181 e. The maximum Gasteiger partial charge on any atom is 0.181 e. The molecule has 0 bridgehead atoms. The largest absolute Gasteiger partial charge is 0.337 e. The number of imidazole rings is 1. The number of hydrogen-bond donors (Lipinski definition) is 1. The summed E-state index contributed by atoms with van der Waals surface area (Å²) in [5.41, 5.74) is 0.436. The lowest BCUT2D eigenvalue weighted by molar-refractivity contribution is 0.611. The first-order chi connectivity index (χ1) is 6.70. The highest BCUT2D eigenvalue weighted by Gasteiger charge is 2.07. The quantitative estimate of drug-likeness (QED) is 0.789. The second-order valence-electron chi connectivity index (χ2n) is 2.71. The summed E-state index contributed by atoms with van der Waals surface area (Å²) in [4.78, 5) is 2.81. The molecule has 1 aromatic carbocycles. The molecular formula is C9H6BrFN2S. The predicted octanol–water partition coefficient (Wildman–Crippen LogP) is 3.44. The topological polar surface area (TPSA) is 20.7 Å². The first-order valence-corrected chi connectivity index (χ1v) is 5.10. The van der Waals surface area contributed by atoms with Gasteiger partial charge in [-0.15, -0.1) is 0 Å². The predicted molar refractivity (Wildman–Crippen MR) is 58.6 cm³/mol. The molecule has 2 aromatic rings. The normalized spacial score (nSPS) is 10.4. The van der Waals surface area contributed by atoms with Crippen LogP contribution < -0.4 is 0 Å². The van der Waals surface area contributed by atoms with E-state index in [1.807, 2.05) is 0 Å². The van der Waals surface area contributed by atoms with Gasteiger partial charge in [0.25, 0.3) is 0 Å². The monoisotopic (exact) mass is 272 g/mol. The van der Waals surface area contributed by atoms with Crippen LogP contribution in [0.2, 0.25) is 0 Å². The second kappa shape index (κ2) is 3.67. The minimum absolute atomic E-state index is 0.316. The van der Waals surface area contributed by atoms with E-state index in [1.54, 1.807) is 35.2 Å². The van der Waals surface area contributed by atoms with Crippen molar-refractivity contribution in [3.8, 4) is 5.69 Å². The van der Waals surface area contributed by atoms with Gasteiger partial charge in [0, 0.05) is 12.4 Å². The Bertz CT molecular complexity index is 518. The number of aromatic amines is 1. The minimum Gasteiger partial charge on any atom is -0.337 e. The molecule has 0 aliphatic rings. The summed E-state index contributed by atoms with van der Waals surface area (Å²) in [5, 5.41) is 0. The zero-order valence-electron chi connectivity index (χ0n) is 7.00. The van der Waals surface area contributed by atoms with E-state index < -0.39 is 0 Å². The molecule has 0 spiro atoms. The molecule has 2 rings (SSSR count). The summed E-state index contributed by atoms with van der Waals surface area (Å²) in [6.45, 7) is 0. The zero-order valence-corrected chi connectivity index (χ0v) is 9.40. The molecular weight excluding hydrogens is 267 g/mol. The summed E-state index contributed by atoms with van der Waals surface area (Å²) in [7, 11) is 0. The molecule has 0 saturated heterocycles. The van der Waals surface area contributed by atoms with E-state index in [0.717, 1.165) is 0 Å². The third-order valence-corrected chi connectivity index (χ3v) is 2.77. The molecule has 0 aliphatic carbocycles. The van der Waals surface area contributed by atoms with Gasteiger partial charge in [0.1, 0.15) is 0 Å². The number of rotatable bonds is 1. The van der Waals surface area contributed by atoms with Gasteiger partial charge in [0.15, 0.2) is 10.6 Å². The van der Waals surface area contributed by atoms with E-state index in [4.69, 9.17) is 12.2 Å². The van der Waals surface area contributed by atoms with Crippen LogP contribution >= 0.6 is 28.1 Å². The lowest BCUT2D eigenvalue weighted by atomic mass is 10.3. The Morgan fingerprint density at radius 2 is 2.21 bits per heavy atom. The molecule has 1 aromatic heterocycles. The number of nitrogens with one attached hydrogen (secondary N) is 1. The van der Waals surface area contributed by atoms with Gasteiger partial charge in [-0.25, -0.2) is 4.39 Å². The van der Waals surface area contributed by atoms with Crippen molar-refractivity contribution in [3.05, 3.63) is 45.7 Å². The second-order valence-corrected chi connectivity index (χ2v) is 3.95. The van der Waals surface area contributed by atoms with Crippen molar-refractivity contribution in [2.45, 2.75) is 0 Å². The van der Waals surface area contributed by atoms with E-state index >= 15 is 0 Å². The van der Waals surface area contributed by atoms with Gasteiger partial charge in [-0.05, 0) is 40.3 Å². The van der Waals surface area contributed by atoms with Crippen LogP contribution in [-0.2, 0) is 0 Å². The Labute approximate surface area is 93.5 Å². The van der Waals surface area contributed by atoms with Crippen molar-refractivity contribution < 1.29 is 4.39 Å². The lowest BCUT2D eigenvalue weighted by Crippen LogP contribution is -1.96. The zero-order chi connectivity index (χ0) is 10.1. The summed E-state index contributed by atoms with van der Waals surface area (Å²) in [6, 6.07) is 5.08. The van der Waals surface area contributed by atoms with Crippen molar-refractivity contribution in [2.75, 3.05) is 0 Å². The summed E-state index contributed by atoms with van der Waals surface area (Å²) in [5.74, 6) is -0.316. The van der Waals surface area contributed by atoms with Gasteiger partial charge in [-0.3, -0.25) is 4.57 Å². The van der Waals surface area contributed by atoms with Gasteiger partial charge in [0.05, 0.1) is 10.2 Å². The maximum atomic E-state index is 13.6. The Morgan fingerprint density at radius 3 is 2.86 bits per heavy atom. The van der Waals surface area contributed by atoms with E-state index in [1.165, 1.54) is 0 Å². The molecule has 0 radical (unpaired) electrons. The molecule has 0 saturated carbocycles. The van der Waals surface area contributed by atoms with Crippen molar-refractivity contribution in [2.24, 2.45) is 0 Å². The average Bonchev–Trinajstić information content (AvgIpc) is 2.57. The Balaban J connectivity index is 2.69. The molecule has 14 heavy (non-hydrogen) atoms. The van der Waals surface area contributed by atoms with E-state index in [-0.39, 0.29) is 5.82 Å². The van der Waals surface area contributed by atoms with Crippen molar-refractivity contribution in [1.29, 1.82) is 0 Å². The lowest BCUT2D eigenvalue weighted by Gasteiger charge is -2.04. The fourth-order valence-corrected chi connectivity index (χ4v) is 1.77. The van der Waals surface area contributed by atoms with Crippen LogP contribution in [0.25, 0.3) is 5.69 Å². The molecule has 1 N–H and O–H groups in total. The van der Waals surface area contributed by atoms with Gasteiger partial charge in [0.2, 0.25) is 0 Å². The van der Waals surface area contributed by atoms with Crippen LogP contribution in [0.5, 0.6) is 0 Å². The highest BCUT2D eigenvalue weighted by Crippen LogP contribution is 2.21. The van der Waals surface area contributed by atoms with Crippen LogP contribution in [0, 0.1) is 10.6 Å². The molecule has 5 heteroatoms. The van der Waals surface area contributed by atoms with Crippen LogP contribution in [0.4, 0.5) is 4.39 Å². The van der Waals surface area contributed by atoms with Gasteiger partial charge < -0.3 is 4.98 Å². The number of benzene rings is 1. The van der Waals surface area contributed by atoms with Gasteiger partial charge >= 0.3 is 0 Å². The summed E-state index contributed by atoms with van der Waals surface area (Å²) >= 11 is 8.12. The molecule has 0 aliphatic heterocycles. The molecule has 0 unspecified atom stereocenters. The Hall–Kier alpha value is -0.940. The standard InChI is InChI=1S/C9H6BrFN2S/c10-6-2-1-3-7(8(6)11)13-5-4-12-9(13)14/h1-5H,(H,12,14). The van der Waals surface area contributed by atoms with Crippen LogP contribution in [0.15, 0.2) is 35.1 Å². The van der Waals surface area contributed by atoms with Gasteiger partial charge in [-0.2, -0.15) is 0 Å². The summed E-state index contributed by atoms with van der Waals surface area (Å²) in [6.07, 6.45) is 3.36. The number of hydrogen-bond acceptors (Lipinski definition) is 1. The van der Waals surface area contributed by atoms with Crippen molar-refractivity contribution >= 4 is 28.1 Å². The molecule has 2 nitrogen and oxygen atoms in total. The maximum absolute atomic E-state index is 13.6. The first kappa shape index (κ1) is 9.61. The van der Waals surface area contributed by atoms with E-state index in [2.05, 4.69) is 20.9 Å². The molecule has 0 atom stereocenters. The van der Waals surface area contributed by atoms with Crippen LogP contribution in [0.3, 0.4) is 0 Å². The number of halogens is 2. The SMILES string of the molecule is Fc1c(Br)cccc1-n1cc[nH]c1=S.